The molecule has 3 aromatic carbocycles. The molecule has 0 spiro atoms. The average molecular weight is 483 g/mol. The smallest absolute Gasteiger partial charge is 0.300 e. The van der Waals surface area contributed by atoms with Crippen LogP contribution >= 0.6 is 0 Å². The second-order valence-electron chi connectivity index (χ2n) is 8.47. The lowest BCUT2D eigenvalue weighted by Gasteiger charge is -2.24. The predicted octanol–water partition coefficient (Wildman–Crippen LogP) is 4.25. The van der Waals surface area contributed by atoms with Gasteiger partial charge in [-0.15, -0.1) is 0 Å². The zero-order valence-corrected chi connectivity index (χ0v) is 19.6. The van der Waals surface area contributed by atoms with Crippen molar-refractivity contribution in [2.45, 2.75) is 13.0 Å². The predicted molar refractivity (Wildman–Crippen MR) is 133 cm³/mol. The third-order valence-corrected chi connectivity index (χ3v) is 6.46. The molecule has 1 aliphatic heterocycles. The number of amides is 1. The van der Waals surface area contributed by atoms with Crippen LogP contribution in [0.2, 0.25) is 0 Å². The van der Waals surface area contributed by atoms with E-state index >= 15 is 4.39 Å². The summed E-state index contributed by atoms with van der Waals surface area (Å²) in [6.45, 7) is 1.64. The first-order valence-electron chi connectivity index (χ1n) is 11.3. The van der Waals surface area contributed by atoms with Crippen molar-refractivity contribution >= 4 is 23.1 Å². The average Bonchev–Trinajstić information content (AvgIpc) is 3.27. The minimum Gasteiger partial charge on any atom is -0.507 e. The minimum absolute atomic E-state index is 0.0110. The standard InChI is InChI=1S/C28H22FN3O4/c1-17-23(27(35)32(30(17)2)19-13-7-4-8-14-19)31-24(20-15-9-10-16-21(20)29)22(26(34)28(31)36)25(33)18-11-5-3-6-12-18/h3-16,24,33H,1-2H3/b25-22+/t24-/m0/s1. The summed E-state index contributed by atoms with van der Waals surface area (Å²) in [7, 11) is 1.66. The number of para-hydroxylation sites is 1. The van der Waals surface area contributed by atoms with Gasteiger partial charge in [-0.25, -0.2) is 9.07 Å². The molecule has 1 N–H and O–H groups in total. The molecular weight excluding hydrogens is 461 g/mol. The number of carbonyl (C=O) groups excluding carboxylic acids is 2. The number of aromatic nitrogens is 2. The molecular formula is C28H22FN3O4. The van der Waals surface area contributed by atoms with Crippen molar-refractivity contribution in [1.29, 1.82) is 0 Å². The van der Waals surface area contributed by atoms with Gasteiger partial charge in [0.05, 0.1) is 23.0 Å². The van der Waals surface area contributed by atoms with E-state index in [4.69, 9.17) is 0 Å². The fourth-order valence-electron chi connectivity index (χ4n) is 4.64. The summed E-state index contributed by atoms with van der Waals surface area (Å²) in [6, 6.07) is 21.4. The zero-order chi connectivity index (χ0) is 25.6. The third-order valence-electron chi connectivity index (χ3n) is 6.46. The van der Waals surface area contributed by atoms with Gasteiger partial charge in [-0.2, -0.15) is 0 Å². The molecule has 0 radical (unpaired) electrons. The van der Waals surface area contributed by atoms with Gasteiger partial charge in [0, 0.05) is 18.2 Å². The molecule has 0 aliphatic carbocycles. The van der Waals surface area contributed by atoms with Crippen molar-refractivity contribution in [3.05, 3.63) is 123 Å². The molecule has 180 valence electrons. The van der Waals surface area contributed by atoms with E-state index < -0.39 is 34.9 Å². The number of nitrogens with zero attached hydrogens (tertiary/aromatic N) is 3. The van der Waals surface area contributed by atoms with Gasteiger partial charge in [-0.3, -0.25) is 24.0 Å². The Morgan fingerprint density at radius 1 is 0.861 bits per heavy atom. The van der Waals surface area contributed by atoms with Crippen LogP contribution < -0.4 is 10.5 Å². The Morgan fingerprint density at radius 2 is 1.44 bits per heavy atom. The van der Waals surface area contributed by atoms with E-state index in [-0.39, 0.29) is 16.8 Å². The molecule has 1 fully saturated rings. The zero-order valence-electron chi connectivity index (χ0n) is 19.6. The molecule has 1 aliphatic rings. The molecule has 1 atom stereocenters. The lowest BCUT2D eigenvalue weighted by atomic mass is 9.95. The number of halogens is 1. The summed E-state index contributed by atoms with van der Waals surface area (Å²) < 4.78 is 18.1. The maximum absolute atomic E-state index is 15.1. The van der Waals surface area contributed by atoms with Crippen molar-refractivity contribution in [1.82, 2.24) is 9.36 Å². The SMILES string of the molecule is Cc1c(N2C(=O)C(=O)/C(=C(/O)c3ccccc3)[C@@H]2c2ccccc2F)c(=O)n(-c2ccccc2)n1C. The van der Waals surface area contributed by atoms with E-state index in [1.165, 1.54) is 22.9 Å². The number of rotatable bonds is 4. The number of carbonyl (C=O) groups is 2. The largest absolute Gasteiger partial charge is 0.507 e. The first-order valence-corrected chi connectivity index (χ1v) is 11.3. The van der Waals surface area contributed by atoms with Crippen molar-refractivity contribution in [2.24, 2.45) is 7.05 Å². The molecule has 1 aromatic heterocycles. The van der Waals surface area contributed by atoms with Gasteiger partial charge >= 0.3 is 0 Å². The van der Waals surface area contributed by atoms with Gasteiger partial charge in [0.2, 0.25) is 0 Å². The molecule has 1 amide bonds. The number of ketones is 1. The fraction of sp³-hybridized carbons (Fsp3) is 0.107. The van der Waals surface area contributed by atoms with E-state index in [0.717, 1.165) is 4.90 Å². The number of anilines is 1. The monoisotopic (exact) mass is 483 g/mol. The Kier molecular flexibility index (Phi) is 5.64. The van der Waals surface area contributed by atoms with Crippen LogP contribution in [0.1, 0.15) is 22.9 Å². The highest BCUT2D eigenvalue weighted by atomic mass is 19.1. The van der Waals surface area contributed by atoms with Gasteiger partial charge in [-0.1, -0.05) is 66.7 Å². The van der Waals surface area contributed by atoms with Gasteiger partial charge in [-0.05, 0) is 25.1 Å². The Morgan fingerprint density at radius 3 is 2.08 bits per heavy atom. The Labute approximate surface area is 205 Å². The fourth-order valence-corrected chi connectivity index (χ4v) is 4.64. The molecule has 0 bridgehead atoms. The molecule has 2 heterocycles. The van der Waals surface area contributed by atoms with E-state index in [2.05, 4.69) is 0 Å². The highest BCUT2D eigenvalue weighted by molar-refractivity contribution is 6.51. The van der Waals surface area contributed by atoms with Gasteiger partial charge in [0.15, 0.2) is 0 Å². The molecule has 8 heteroatoms. The maximum atomic E-state index is 15.1. The van der Waals surface area contributed by atoms with E-state index in [9.17, 15) is 19.5 Å². The van der Waals surface area contributed by atoms with Crippen molar-refractivity contribution in [2.75, 3.05) is 4.90 Å². The Balaban J connectivity index is 1.81. The quantitative estimate of drug-likeness (QED) is 0.267. The van der Waals surface area contributed by atoms with Crippen LogP contribution in [0.5, 0.6) is 0 Å². The first kappa shape index (κ1) is 23.0. The minimum atomic E-state index is -1.34. The van der Waals surface area contributed by atoms with Gasteiger partial charge in [0.1, 0.15) is 17.3 Å². The number of hydrogen-bond acceptors (Lipinski definition) is 4. The third kappa shape index (κ3) is 3.46. The van der Waals surface area contributed by atoms with E-state index in [1.54, 1.807) is 79.3 Å². The number of aliphatic hydroxyl groups is 1. The van der Waals surface area contributed by atoms with Crippen LogP contribution in [0.4, 0.5) is 10.1 Å². The molecule has 7 nitrogen and oxygen atoms in total. The highest BCUT2D eigenvalue weighted by Crippen LogP contribution is 2.43. The van der Waals surface area contributed by atoms with Crippen LogP contribution in [-0.2, 0) is 16.6 Å². The summed E-state index contributed by atoms with van der Waals surface area (Å²) in [5, 5.41) is 11.1. The molecule has 36 heavy (non-hydrogen) atoms. The van der Waals surface area contributed by atoms with Gasteiger partial charge < -0.3 is 5.11 Å². The normalized spacial score (nSPS) is 17.1. The highest BCUT2D eigenvalue weighted by Gasteiger charge is 2.49. The Bertz CT molecular complexity index is 1590. The van der Waals surface area contributed by atoms with E-state index in [1.807, 2.05) is 6.07 Å². The summed E-state index contributed by atoms with van der Waals surface area (Å²) >= 11 is 0. The number of Topliss-reactive ketones (excluding diaryl/α,β-unsaturated/α-hetero) is 1. The summed E-state index contributed by atoms with van der Waals surface area (Å²) in [5.74, 6) is -3.14. The lowest BCUT2D eigenvalue weighted by molar-refractivity contribution is -0.132. The molecule has 4 aromatic rings. The maximum Gasteiger partial charge on any atom is 0.300 e. The van der Waals surface area contributed by atoms with Crippen LogP contribution in [-0.4, -0.2) is 26.2 Å². The van der Waals surface area contributed by atoms with Crippen LogP contribution in [0, 0.1) is 12.7 Å². The second-order valence-corrected chi connectivity index (χ2v) is 8.47. The van der Waals surface area contributed by atoms with Gasteiger partial charge in [0.25, 0.3) is 17.2 Å². The first-order chi connectivity index (χ1) is 17.3. The Hall–Kier alpha value is -4.72. The lowest BCUT2D eigenvalue weighted by Crippen LogP contribution is -2.34. The molecule has 0 unspecified atom stereocenters. The van der Waals surface area contributed by atoms with Crippen molar-refractivity contribution < 1.29 is 19.1 Å². The van der Waals surface area contributed by atoms with Crippen LogP contribution in [0.15, 0.2) is 95.3 Å². The number of benzene rings is 3. The number of hydrogen-bond donors (Lipinski definition) is 1. The van der Waals surface area contributed by atoms with Crippen molar-refractivity contribution in [3.63, 3.8) is 0 Å². The second kappa shape index (κ2) is 8.81. The summed E-state index contributed by atoms with van der Waals surface area (Å²) in [4.78, 5) is 41.5. The molecule has 1 saturated heterocycles. The molecule has 0 saturated carbocycles. The van der Waals surface area contributed by atoms with Crippen molar-refractivity contribution in [3.8, 4) is 5.69 Å². The van der Waals surface area contributed by atoms with E-state index in [0.29, 0.717) is 16.9 Å². The number of aliphatic hydroxyl groups excluding tert-OH is 1. The summed E-state index contributed by atoms with van der Waals surface area (Å²) in [5.41, 5.74) is 0.332. The molecule has 5 rings (SSSR count). The summed E-state index contributed by atoms with van der Waals surface area (Å²) in [6.07, 6.45) is 0. The van der Waals surface area contributed by atoms with Crippen LogP contribution in [0.25, 0.3) is 11.4 Å². The topological polar surface area (TPSA) is 84.5 Å². The van der Waals surface area contributed by atoms with Crippen LogP contribution in [0.3, 0.4) is 0 Å².